The Morgan fingerprint density at radius 2 is 1.95 bits per heavy atom. The number of alkyl halides is 2. The smallest absolute Gasteiger partial charge is 0.410 e. The van der Waals surface area contributed by atoms with E-state index in [9.17, 15) is 23.5 Å². The summed E-state index contributed by atoms with van der Waals surface area (Å²) in [5.74, 6) is -5.93. The van der Waals surface area contributed by atoms with Crippen LogP contribution in [0, 0.1) is 11.3 Å². The van der Waals surface area contributed by atoms with Crippen LogP contribution in [0.5, 0.6) is 0 Å². The Morgan fingerprint density at radius 3 is 2.45 bits per heavy atom. The first-order chi connectivity index (χ1) is 8.99. The lowest BCUT2D eigenvalue weighted by Crippen LogP contribution is -2.61. The lowest BCUT2D eigenvalue weighted by Gasteiger charge is -2.43. The summed E-state index contributed by atoms with van der Waals surface area (Å²) in [7, 11) is 0. The SMILES string of the molecule is CC(C)(C)OC(=O)N1CC2CCC(C(=O)O)(C1)C2(F)F. The van der Waals surface area contributed by atoms with Crippen LogP contribution in [0.4, 0.5) is 13.6 Å². The predicted molar refractivity (Wildman–Crippen MR) is 65.5 cm³/mol. The van der Waals surface area contributed by atoms with Crippen molar-refractivity contribution in [1.29, 1.82) is 0 Å². The number of ether oxygens (including phenoxy) is 1. The van der Waals surface area contributed by atoms with Gasteiger partial charge in [-0.05, 0) is 33.6 Å². The molecule has 0 aromatic rings. The van der Waals surface area contributed by atoms with Gasteiger partial charge in [-0.25, -0.2) is 13.6 Å². The van der Waals surface area contributed by atoms with Crippen LogP contribution in [0.1, 0.15) is 33.6 Å². The summed E-state index contributed by atoms with van der Waals surface area (Å²) in [6, 6.07) is 0. The van der Waals surface area contributed by atoms with Gasteiger partial charge < -0.3 is 14.7 Å². The lowest BCUT2D eigenvalue weighted by molar-refractivity contribution is -0.195. The molecule has 1 amide bonds. The summed E-state index contributed by atoms with van der Waals surface area (Å²) in [5, 5.41) is 9.22. The van der Waals surface area contributed by atoms with E-state index in [1.165, 1.54) is 0 Å². The number of amides is 1. The van der Waals surface area contributed by atoms with E-state index in [-0.39, 0.29) is 19.4 Å². The van der Waals surface area contributed by atoms with Gasteiger partial charge in [-0.3, -0.25) is 4.79 Å². The van der Waals surface area contributed by atoms with Gasteiger partial charge in [0, 0.05) is 19.0 Å². The van der Waals surface area contributed by atoms with Gasteiger partial charge in [0.25, 0.3) is 5.92 Å². The highest BCUT2D eigenvalue weighted by Gasteiger charge is 2.70. The van der Waals surface area contributed by atoms with E-state index in [0.29, 0.717) is 0 Å². The summed E-state index contributed by atoms with van der Waals surface area (Å²) in [6.45, 7) is 4.36. The number of rotatable bonds is 1. The molecule has 1 heterocycles. The van der Waals surface area contributed by atoms with Crippen molar-refractivity contribution in [3.63, 3.8) is 0 Å². The van der Waals surface area contributed by atoms with Crippen LogP contribution in [-0.2, 0) is 9.53 Å². The molecule has 0 aromatic carbocycles. The molecular weight excluding hydrogens is 272 g/mol. The van der Waals surface area contributed by atoms with Crippen molar-refractivity contribution in [1.82, 2.24) is 4.90 Å². The van der Waals surface area contributed by atoms with E-state index in [1.54, 1.807) is 20.8 Å². The molecule has 1 saturated heterocycles. The summed E-state index contributed by atoms with van der Waals surface area (Å²) in [6.07, 6.45) is -0.733. The number of carboxylic acid groups (broad SMARTS) is 1. The van der Waals surface area contributed by atoms with Crippen molar-refractivity contribution in [3.05, 3.63) is 0 Å². The number of carboxylic acids is 1. The van der Waals surface area contributed by atoms with E-state index >= 15 is 0 Å². The van der Waals surface area contributed by atoms with Crippen molar-refractivity contribution < 1.29 is 28.2 Å². The Bertz CT molecular complexity index is 446. The zero-order valence-electron chi connectivity index (χ0n) is 11.8. The van der Waals surface area contributed by atoms with Crippen LogP contribution in [0.3, 0.4) is 0 Å². The standard InChI is InChI=1S/C13H19F2NO4/c1-11(2,3)20-10(19)16-6-8-4-5-12(7-16,9(17)18)13(8,14)15/h8H,4-7H2,1-3H3,(H,17,18). The Balaban J connectivity index is 2.23. The third-order valence-electron chi connectivity index (χ3n) is 4.03. The number of piperidine rings is 1. The van der Waals surface area contributed by atoms with E-state index < -0.39 is 41.5 Å². The highest BCUT2D eigenvalue weighted by molar-refractivity contribution is 5.79. The molecule has 1 aliphatic carbocycles. The topological polar surface area (TPSA) is 66.8 Å². The molecule has 2 fully saturated rings. The first-order valence-corrected chi connectivity index (χ1v) is 6.59. The second-order valence-electron chi connectivity index (χ2n) is 6.61. The Labute approximate surface area is 115 Å². The van der Waals surface area contributed by atoms with Crippen LogP contribution < -0.4 is 0 Å². The number of nitrogens with zero attached hydrogens (tertiary/aromatic N) is 1. The minimum Gasteiger partial charge on any atom is -0.481 e. The third-order valence-corrected chi connectivity index (χ3v) is 4.03. The minimum absolute atomic E-state index is 0.110. The third kappa shape index (κ3) is 2.13. The molecule has 1 saturated carbocycles. The highest BCUT2D eigenvalue weighted by Crippen LogP contribution is 2.57. The van der Waals surface area contributed by atoms with E-state index in [0.717, 1.165) is 4.90 Å². The molecule has 0 radical (unpaired) electrons. The molecule has 114 valence electrons. The second kappa shape index (κ2) is 4.30. The number of hydrogen-bond donors (Lipinski definition) is 1. The Kier molecular flexibility index (Phi) is 3.22. The van der Waals surface area contributed by atoms with Gasteiger partial charge in [0.1, 0.15) is 11.0 Å². The van der Waals surface area contributed by atoms with Crippen LogP contribution in [0.2, 0.25) is 0 Å². The second-order valence-corrected chi connectivity index (χ2v) is 6.61. The number of halogens is 2. The maximum absolute atomic E-state index is 14.2. The number of fused-ring (bicyclic) bond motifs is 2. The lowest BCUT2D eigenvalue weighted by atomic mass is 9.78. The fourth-order valence-electron chi connectivity index (χ4n) is 2.99. The minimum atomic E-state index is -3.28. The maximum atomic E-state index is 14.2. The summed E-state index contributed by atoms with van der Waals surface area (Å²) in [5.41, 5.74) is -2.92. The average Bonchev–Trinajstić information content (AvgIpc) is 2.46. The van der Waals surface area contributed by atoms with Crippen molar-refractivity contribution >= 4 is 12.1 Å². The summed E-state index contributed by atoms with van der Waals surface area (Å²) < 4.78 is 33.5. The van der Waals surface area contributed by atoms with E-state index in [1.807, 2.05) is 0 Å². The van der Waals surface area contributed by atoms with Gasteiger partial charge >= 0.3 is 12.1 Å². The monoisotopic (exact) mass is 291 g/mol. The van der Waals surface area contributed by atoms with Crippen LogP contribution in [-0.4, -0.2) is 46.7 Å². The molecule has 2 unspecified atom stereocenters. The molecule has 20 heavy (non-hydrogen) atoms. The van der Waals surface area contributed by atoms with Gasteiger partial charge in [-0.2, -0.15) is 0 Å². The van der Waals surface area contributed by atoms with E-state index in [4.69, 9.17) is 4.74 Å². The van der Waals surface area contributed by atoms with Crippen LogP contribution in [0.25, 0.3) is 0 Å². The molecule has 1 aliphatic heterocycles. The molecule has 1 N–H and O–H groups in total. The Hall–Kier alpha value is -1.40. The van der Waals surface area contributed by atoms with Crippen LogP contribution in [0.15, 0.2) is 0 Å². The zero-order valence-corrected chi connectivity index (χ0v) is 11.8. The zero-order chi connectivity index (χ0) is 15.3. The van der Waals surface area contributed by atoms with Crippen molar-refractivity contribution in [3.8, 4) is 0 Å². The molecule has 2 bridgehead atoms. The normalized spacial score (nSPS) is 32.0. The average molecular weight is 291 g/mol. The summed E-state index contributed by atoms with van der Waals surface area (Å²) in [4.78, 5) is 24.4. The van der Waals surface area contributed by atoms with Crippen molar-refractivity contribution in [2.75, 3.05) is 13.1 Å². The number of carbonyl (C=O) groups excluding carboxylic acids is 1. The van der Waals surface area contributed by atoms with Gasteiger partial charge in [-0.15, -0.1) is 0 Å². The summed E-state index contributed by atoms with van der Waals surface area (Å²) >= 11 is 0. The first kappa shape index (κ1) is 15.0. The van der Waals surface area contributed by atoms with Gasteiger partial charge in [-0.1, -0.05) is 0 Å². The molecule has 2 aliphatic rings. The molecule has 2 rings (SSSR count). The van der Waals surface area contributed by atoms with E-state index in [2.05, 4.69) is 0 Å². The maximum Gasteiger partial charge on any atom is 0.410 e. The largest absolute Gasteiger partial charge is 0.481 e. The predicted octanol–water partition coefficient (Wildman–Crippen LogP) is 2.35. The van der Waals surface area contributed by atoms with Gasteiger partial charge in [0.15, 0.2) is 0 Å². The molecule has 7 heteroatoms. The number of aliphatic carboxylic acids is 1. The van der Waals surface area contributed by atoms with Crippen molar-refractivity contribution in [2.45, 2.75) is 45.1 Å². The first-order valence-electron chi connectivity index (χ1n) is 6.59. The number of hydrogen-bond acceptors (Lipinski definition) is 3. The van der Waals surface area contributed by atoms with Crippen LogP contribution >= 0.6 is 0 Å². The molecule has 2 atom stereocenters. The fourth-order valence-corrected chi connectivity index (χ4v) is 2.99. The number of likely N-dealkylation sites (tertiary alicyclic amines) is 1. The van der Waals surface area contributed by atoms with Gasteiger partial charge in [0.2, 0.25) is 0 Å². The fraction of sp³-hybridized carbons (Fsp3) is 0.846. The quantitative estimate of drug-likeness (QED) is 0.805. The van der Waals surface area contributed by atoms with Crippen molar-refractivity contribution in [2.24, 2.45) is 11.3 Å². The molecule has 0 aromatic heterocycles. The molecule has 0 spiro atoms. The Morgan fingerprint density at radius 1 is 1.35 bits per heavy atom. The number of carbonyl (C=O) groups is 2. The van der Waals surface area contributed by atoms with Gasteiger partial charge in [0.05, 0.1) is 0 Å². The molecule has 5 nitrogen and oxygen atoms in total. The molecular formula is C13H19F2NO4. The highest BCUT2D eigenvalue weighted by atomic mass is 19.3.